The van der Waals surface area contributed by atoms with Gasteiger partial charge in [0.05, 0.1) is 11.8 Å². The molecule has 0 amide bonds. The molecule has 0 spiro atoms. The van der Waals surface area contributed by atoms with Crippen LogP contribution in [0.15, 0.2) is 24.3 Å². The van der Waals surface area contributed by atoms with Crippen LogP contribution in [0, 0.1) is 46.3 Å². The average molecular weight is 469 g/mol. The van der Waals surface area contributed by atoms with Gasteiger partial charge in [0.15, 0.2) is 0 Å². The first kappa shape index (κ1) is 24.1. The first-order valence-corrected chi connectivity index (χ1v) is 13.9. The summed E-state index contributed by atoms with van der Waals surface area (Å²) < 4.78 is 11.9. The largest absolute Gasteiger partial charge is 0.461 e. The van der Waals surface area contributed by atoms with Crippen molar-refractivity contribution in [1.29, 1.82) is 0 Å². The third-order valence-corrected chi connectivity index (χ3v) is 9.81. The lowest BCUT2D eigenvalue weighted by Gasteiger charge is -2.24. The SMILES string of the molecule is CC1(C)C[C@H]2/C=C/CCCC[C@@H]3C(=O)OC4C3[C@H](/C=C/CCCC[C@@H]3C(=O)OC1C23)CC4(C)C. The molecule has 4 nitrogen and oxygen atoms in total. The van der Waals surface area contributed by atoms with E-state index in [2.05, 4.69) is 52.0 Å². The summed E-state index contributed by atoms with van der Waals surface area (Å²) >= 11 is 0. The number of rotatable bonds is 0. The van der Waals surface area contributed by atoms with Crippen LogP contribution in [0.25, 0.3) is 0 Å². The molecule has 5 rings (SSSR count). The smallest absolute Gasteiger partial charge is 0.309 e. The molecule has 2 aliphatic heterocycles. The van der Waals surface area contributed by atoms with Crippen LogP contribution < -0.4 is 0 Å². The monoisotopic (exact) mass is 468 g/mol. The topological polar surface area (TPSA) is 52.6 Å². The fourth-order valence-electron chi connectivity index (χ4n) is 8.25. The molecular weight excluding hydrogens is 424 g/mol. The van der Waals surface area contributed by atoms with Crippen LogP contribution in [0.5, 0.6) is 0 Å². The molecule has 34 heavy (non-hydrogen) atoms. The van der Waals surface area contributed by atoms with Gasteiger partial charge >= 0.3 is 11.9 Å². The summed E-state index contributed by atoms with van der Waals surface area (Å²) in [5, 5.41) is 0. The molecule has 2 saturated heterocycles. The van der Waals surface area contributed by atoms with Crippen molar-refractivity contribution >= 4 is 11.9 Å². The van der Waals surface area contributed by atoms with Crippen LogP contribution in [-0.4, -0.2) is 24.1 Å². The second-order valence-electron chi connectivity index (χ2n) is 13.2. The van der Waals surface area contributed by atoms with E-state index >= 15 is 0 Å². The third kappa shape index (κ3) is 4.28. The standard InChI is InChI=1S/C30H44O4/c1-29(2)17-19-13-9-5-7-12-16-22-24-20(18-30(3,4)26(24)34-28(22)32)14-10-6-8-11-15-21-23(19)25(29)33-27(21)31/h9-10,13-14,19-26H,5-8,11-12,15-18H2,1-4H3/b13-9+,14-10+/t19-,20-,21+,22+,23?,24?,25?,26?/m1/s1. The summed E-state index contributed by atoms with van der Waals surface area (Å²) in [5.74, 6) is 1.74. The second-order valence-corrected chi connectivity index (χ2v) is 13.2. The molecular formula is C30H44O4. The van der Waals surface area contributed by atoms with Crippen LogP contribution in [0.1, 0.15) is 91.9 Å². The van der Waals surface area contributed by atoms with Crippen molar-refractivity contribution in [3.8, 4) is 0 Å². The molecule has 8 atom stereocenters. The van der Waals surface area contributed by atoms with Crippen LogP contribution in [0.2, 0.25) is 0 Å². The minimum Gasteiger partial charge on any atom is -0.461 e. The van der Waals surface area contributed by atoms with Crippen molar-refractivity contribution in [1.82, 2.24) is 0 Å². The van der Waals surface area contributed by atoms with Crippen LogP contribution in [0.3, 0.4) is 0 Å². The van der Waals surface area contributed by atoms with E-state index < -0.39 is 0 Å². The molecule has 4 unspecified atom stereocenters. The Morgan fingerprint density at radius 2 is 1.09 bits per heavy atom. The number of carbonyl (C=O) groups excluding carboxylic acids is 2. The Balaban J connectivity index is 1.32. The Kier molecular flexibility index (Phi) is 6.48. The van der Waals surface area contributed by atoms with E-state index in [1.54, 1.807) is 0 Å². The van der Waals surface area contributed by atoms with E-state index in [1.807, 2.05) is 0 Å². The van der Waals surface area contributed by atoms with Gasteiger partial charge in [-0.05, 0) is 63.2 Å². The summed E-state index contributed by atoms with van der Waals surface area (Å²) in [6, 6.07) is 0. The van der Waals surface area contributed by atoms with Crippen LogP contribution in [0.4, 0.5) is 0 Å². The van der Waals surface area contributed by atoms with E-state index in [9.17, 15) is 9.59 Å². The molecule has 2 saturated carbocycles. The summed E-state index contributed by atoms with van der Waals surface area (Å²) in [6.45, 7) is 9.06. The number of esters is 2. The molecule has 3 aliphatic carbocycles. The maximum atomic E-state index is 12.8. The number of ether oxygens (including phenoxy) is 2. The molecule has 0 bridgehead atoms. The highest BCUT2D eigenvalue weighted by Crippen LogP contribution is 2.56. The van der Waals surface area contributed by atoms with Gasteiger partial charge in [-0.1, -0.05) is 64.8 Å². The zero-order valence-electron chi connectivity index (χ0n) is 21.6. The van der Waals surface area contributed by atoms with Crippen molar-refractivity contribution in [2.24, 2.45) is 46.3 Å². The Labute approximate surface area is 205 Å². The van der Waals surface area contributed by atoms with Crippen LogP contribution >= 0.6 is 0 Å². The molecule has 0 radical (unpaired) electrons. The number of hydrogen-bond donors (Lipinski definition) is 0. The van der Waals surface area contributed by atoms with E-state index in [1.165, 1.54) is 0 Å². The molecule has 0 N–H and O–H groups in total. The molecule has 0 aromatic rings. The third-order valence-electron chi connectivity index (χ3n) is 9.81. The first-order valence-electron chi connectivity index (χ1n) is 13.9. The highest BCUT2D eigenvalue weighted by atomic mass is 16.6. The lowest BCUT2D eigenvalue weighted by molar-refractivity contribution is -0.148. The average Bonchev–Trinajstić information content (AvgIpc) is 3.42. The zero-order valence-corrected chi connectivity index (χ0v) is 21.6. The fourth-order valence-corrected chi connectivity index (χ4v) is 8.25. The highest BCUT2D eigenvalue weighted by molar-refractivity contribution is 5.76. The van der Waals surface area contributed by atoms with Gasteiger partial charge in [0.1, 0.15) is 12.2 Å². The van der Waals surface area contributed by atoms with Gasteiger partial charge < -0.3 is 9.47 Å². The molecule has 4 heteroatoms. The van der Waals surface area contributed by atoms with Gasteiger partial charge in [0.2, 0.25) is 0 Å². The summed E-state index contributed by atoms with van der Waals surface area (Å²) in [7, 11) is 0. The van der Waals surface area contributed by atoms with Gasteiger partial charge in [0, 0.05) is 22.7 Å². The molecule has 5 aliphatic rings. The van der Waals surface area contributed by atoms with Gasteiger partial charge in [-0.3, -0.25) is 9.59 Å². The summed E-state index contributed by atoms with van der Waals surface area (Å²) in [6.07, 6.45) is 20.1. The normalized spacial score (nSPS) is 45.4. The van der Waals surface area contributed by atoms with Gasteiger partial charge in [0.25, 0.3) is 0 Å². The highest BCUT2D eigenvalue weighted by Gasteiger charge is 2.59. The van der Waals surface area contributed by atoms with Crippen LogP contribution in [-0.2, 0) is 19.1 Å². The van der Waals surface area contributed by atoms with Crippen molar-refractivity contribution < 1.29 is 19.1 Å². The Morgan fingerprint density at radius 3 is 1.50 bits per heavy atom. The summed E-state index contributed by atoms with van der Waals surface area (Å²) in [4.78, 5) is 25.6. The molecule has 0 aromatic carbocycles. The molecule has 4 fully saturated rings. The first-order chi connectivity index (χ1) is 16.2. The Morgan fingerprint density at radius 1 is 0.676 bits per heavy atom. The second kappa shape index (κ2) is 9.13. The van der Waals surface area contributed by atoms with Crippen molar-refractivity contribution in [2.75, 3.05) is 0 Å². The molecule has 0 aromatic heterocycles. The quantitative estimate of drug-likeness (QED) is 0.295. The zero-order chi connectivity index (χ0) is 24.1. The van der Waals surface area contributed by atoms with Crippen molar-refractivity contribution in [3.63, 3.8) is 0 Å². The van der Waals surface area contributed by atoms with Gasteiger partial charge in [-0.15, -0.1) is 0 Å². The van der Waals surface area contributed by atoms with Crippen molar-refractivity contribution in [2.45, 2.75) is 104 Å². The number of hydrogen-bond acceptors (Lipinski definition) is 4. The van der Waals surface area contributed by atoms with Gasteiger partial charge in [-0.25, -0.2) is 0 Å². The molecule has 2 heterocycles. The maximum absolute atomic E-state index is 12.8. The lowest BCUT2D eigenvalue weighted by Crippen LogP contribution is -2.27. The predicted octanol–water partition coefficient (Wildman–Crippen LogP) is 6.64. The van der Waals surface area contributed by atoms with E-state index in [-0.39, 0.29) is 46.8 Å². The lowest BCUT2D eigenvalue weighted by atomic mass is 9.80. The van der Waals surface area contributed by atoms with Gasteiger partial charge in [-0.2, -0.15) is 0 Å². The minimum absolute atomic E-state index is 0.0438. The van der Waals surface area contributed by atoms with E-state index in [0.29, 0.717) is 23.7 Å². The minimum atomic E-state index is 0.0438. The molecule has 188 valence electrons. The Bertz CT molecular complexity index is 782. The predicted molar refractivity (Wildman–Crippen MR) is 133 cm³/mol. The summed E-state index contributed by atoms with van der Waals surface area (Å²) in [5.41, 5.74) is 0.104. The van der Waals surface area contributed by atoms with E-state index in [0.717, 1.165) is 64.2 Å². The maximum Gasteiger partial charge on any atom is 0.309 e. The number of allylic oxidation sites excluding steroid dienone is 4. The van der Waals surface area contributed by atoms with E-state index in [4.69, 9.17) is 9.47 Å². The fraction of sp³-hybridized carbons (Fsp3) is 0.800. The number of carbonyl (C=O) groups is 2. The Hall–Kier alpha value is -1.58. The van der Waals surface area contributed by atoms with Crippen molar-refractivity contribution in [3.05, 3.63) is 24.3 Å².